The van der Waals surface area contributed by atoms with Gasteiger partial charge in [-0.2, -0.15) is 0 Å². The zero-order valence-corrected chi connectivity index (χ0v) is 17.8. The molecule has 2 aliphatic heterocycles. The third-order valence-corrected chi connectivity index (χ3v) is 5.26. The van der Waals surface area contributed by atoms with E-state index in [1.54, 1.807) is 0 Å². The first-order valence-electron chi connectivity index (χ1n) is 10.2. The fourth-order valence-electron chi connectivity index (χ4n) is 3.55. The van der Waals surface area contributed by atoms with Crippen molar-refractivity contribution in [1.29, 1.82) is 0 Å². The van der Waals surface area contributed by atoms with Crippen molar-refractivity contribution < 1.29 is 38.8 Å². The lowest BCUT2D eigenvalue weighted by atomic mass is 9.86. The van der Waals surface area contributed by atoms with Gasteiger partial charge < -0.3 is 24.4 Å². The number of fused-ring (bicyclic) bond motifs is 1. The van der Waals surface area contributed by atoms with E-state index in [-0.39, 0.29) is 17.7 Å². The van der Waals surface area contributed by atoms with Crippen LogP contribution < -0.4 is 4.74 Å². The largest absolute Gasteiger partial charge is 0.487 e. The van der Waals surface area contributed by atoms with E-state index in [0.717, 1.165) is 37.2 Å². The van der Waals surface area contributed by atoms with E-state index in [2.05, 4.69) is 17.9 Å². The minimum absolute atomic E-state index is 0.00380. The molecule has 2 aliphatic rings. The molecule has 0 aromatic heterocycles. The van der Waals surface area contributed by atoms with Gasteiger partial charge in [0.1, 0.15) is 17.5 Å². The number of aliphatic carboxylic acids is 2. The normalized spacial score (nSPS) is 20.0. The average Bonchev–Trinajstić information content (AvgIpc) is 2.86. The van der Waals surface area contributed by atoms with E-state index in [1.165, 1.54) is 0 Å². The van der Waals surface area contributed by atoms with Gasteiger partial charge in [-0.25, -0.2) is 9.59 Å². The molecule has 2 N–H and O–H groups in total. The number of likely N-dealkylation sites (tertiary alicyclic amines) is 1. The van der Waals surface area contributed by atoms with Crippen LogP contribution in [-0.2, 0) is 30.5 Å². The predicted molar refractivity (Wildman–Crippen MR) is 111 cm³/mol. The summed E-state index contributed by atoms with van der Waals surface area (Å²) in [6.45, 7) is 6.94. The number of esters is 1. The maximum atomic E-state index is 11.6. The van der Waals surface area contributed by atoms with Crippen molar-refractivity contribution in [2.45, 2.75) is 45.0 Å². The van der Waals surface area contributed by atoms with E-state index in [4.69, 9.17) is 24.4 Å². The number of carbonyl (C=O) groups excluding carboxylic acids is 1. The van der Waals surface area contributed by atoms with Gasteiger partial charge in [0, 0.05) is 30.8 Å². The number of rotatable bonds is 5. The molecule has 31 heavy (non-hydrogen) atoms. The van der Waals surface area contributed by atoms with Crippen LogP contribution in [0.25, 0.3) is 0 Å². The van der Waals surface area contributed by atoms with E-state index in [0.29, 0.717) is 31.9 Å². The lowest BCUT2D eigenvalue weighted by Crippen LogP contribution is -2.54. The molecule has 9 heteroatoms. The standard InChI is InChI=1S/C18H25NO4.C4H4O4/c1-3-21-17(20)12-19-10-8-18(9-11-19)14(2)23-16-7-5-4-6-15(16)13-22-18;5-3(6)1-2-4(7)8/h4-7,14H,3,8-13H2,1-2H3;1-2H,(H,5,6)(H,7,8)/b;2-1-. The van der Waals surface area contributed by atoms with Gasteiger partial charge in [-0.3, -0.25) is 9.69 Å². The second kappa shape index (κ2) is 11.5. The van der Waals surface area contributed by atoms with E-state index < -0.39 is 11.9 Å². The summed E-state index contributed by atoms with van der Waals surface area (Å²) in [5, 5.41) is 15.6. The van der Waals surface area contributed by atoms with Crippen molar-refractivity contribution in [3.05, 3.63) is 42.0 Å². The molecule has 0 aliphatic carbocycles. The number of hydrogen-bond donors (Lipinski definition) is 2. The minimum atomic E-state index is -1.26. The first-order valence-corrected chi connectivity index (χ1v) is 10.2. The molecule has 0 radical (unpaired) electrons. The minimum Gasteiger partial charge on any atom is -0.487 e. The second-order valence-corrected chi connectivity index (χ2v) is 7.31. The molecule has 1 aromatic carbocycles. The van der Waals surface area contributed by atoms with Crippen LogP contribution in [0.15, 0.2) is 36.4 Å². The third-order valence-electron chi connectivity index (χ3n) is 5.26. The van der Waals surface area contributed by atoms with Gasteiger partial charge in [0.05, 0.1) is 19.8 Å². The molecule has 1 fully saturated rings. The summed E-state index contributed by atoms with van der Waals surface area (Å²) >= 11 is 0. The highest BCUT2D eigenvalue weighted by Crippen LogP contribution is 2.37. The molecule has 170 valence electrons. The van der Waals surface area contributed by atoms with Crippen molar-refractivity contribution in [1.82, 2.24) is 4.90 Å². The predicted octanol–water partition coefficient (Wildman–Crippen LogP) is 2.09. The highest BCUT2D eigenvalue weighted by atomic mass is 16.6. The molecular weight excluding hydrogens is 406 g/mol. The molecule has 1 spiro atoms. The summed E-state index contributed by atoms with van der Waals surface area (Å²) in [4.78, 5) is 32.9. The molecule has 0 amide bonds. The molecule has 1 saturated heterocycles. The Labute approximate surface area is 181 Å². The Balaban J connectivity index is 0.000000366. The topological polar surface area (TPSA) is 123 Å². The molecule has 0 saturated carbocycles. The highest BCUT2D eigenvalue weighted by Gasteiger charge is 2.43. The summed E-state index contributed by atoms with van der Waals surface area (Å²) in [5.74, 6) is -1.74. The van der Waals surface area contributed by atoms with Gasteiger partial charge in [-0.05, 0) is 32.8 Å². The summed E-state index contributed by atoms with van der Waals surface area (Å²) < 4.78 is 17.5. The Hall–Kier alpha value is -2.91. The molecule has 1 unspecified atom stereocenters. The lowest BCUT2D eigenvalue weighted by molar-refractivity contribution is -0.151. The monoisotopic (exact) mass is 435 g/mol. The summed E-state index contributed by atoms with van der Waals surface area (Å²) in [7, 11) is 0. The highest BCUT2D eigenvalue weighted by molar-refractivity contribution is 5.89. The van der Waals surface area contributed by atoms with Crippen LogP contribution in [0.4, 0.5) is 0 Å². The van der Waals surface area contributed by atoms with Crippen LogP contribution in [0, 0.1) is 0 Å². The number of piperidine rings is 1. The van der Waals surface area contributed by atoms with Crippen molar-refractivity contribution in [3.63, 3.8) is 0 Å². The number of benzene rings is 1. The van der Waals surface area contributed by atoms with E-state index in [1.807, 2.05) is 25.1 Å². The fourth-order valence-corrected chi connectivity index (χ4v) is 3.55. The Bertz CT molecular complexity index is 782. The van der Waals surface area contributed by atoms with Crippen LogP contribution in [-0.4, -0.2) is 71.0 Å². The van der Waals surface area contributed by atoms with Gasteiger partial charge in [-0.15, -0.1) is 0 Å². The summed E-state index contributed by atoms with van der Waals surface area (Å²) in [5.41, 5.74) is 0.828. The molecule has 1 atom stereocenters. The second-order valence-electron chi connectivity index (χ2n) is 7.31. The van der Waals surface area contributed by atoms with Gasteiger partial charge in [-0.1, -0.05) is 18.2 Å². The van der Waals surface area contributed by atoms with E-state index in [9.17, 15) is 14.4 Å². The van der Waals surface area contributed by atoms with E-state index >= 15 is 0 Å². The quantitative estimate of drug-likeness (QED) is 0.529. The molecule has 3 rings (SSSR count). The van der Waals surface area contributed by atoms with Crippen LogP contribution in [0.3, 0.4) is 0 Å². The van der Waals surface area contributed by atoms with Crippen molar-refractivity contribution in [3.8, 4) is 5.75 Å². The van der Waals surface area contributed by atoms with Crippen LogP contribution in [0.5, 0.6) is 5.75 Å². The molecule has 0 bridgehead atoms. The first-order chi connectivity index (χ1) is 14.8. The van der Waals surface area contributed by atoms with Gasteiger partial charge in [0.15, 0.2) is 0 Å². The SMILES string of the molecule is CCOC(=O)CN1CCC2(CC1)OCc1ccccc1OC2C.O=C(O)/C=C\C(=O)O. The number of para-hydroxylation sites is 1. The number of carboxylic acid groups (broad SMARTS) is 2. The maximum Gasteiger partial charge on any atom is 0.328 e. The van der Waals surface area contributed by atoms with Gasteiger partial charge >= 0.3 is 17.9 Å². The third kappa shape index (κ3) is 7.37. The average molecular weight is 435 g/mol. The Morgan fingerprint density at radius 1 is 1.16 bits per heavy atom. The van der Waals surface area contributed by atoms with Crippen molar-refractivity contribution >= 4 is 17.9 Å². The fraction of sp³-hybridized carbons (Fsp3) is 0.500. The zero-order chi connectivity index (χ0) is 22.9. The van der Waals surface area contributed by atoms with Crippen LogP contribution >= 0.6 is 0 Å². The molecular formula is C22H29NO8. The summed E-state index contributed by atoms with van der Waals surface area (Å²) in [6, 6.07) is 8.06. The number of carboxylic acids is 2. The number of ether oxygens (including phenoxy) is 3. The Morgan fingerprint density at radius 3 is 2.35 bits per heavy atom. The first kappa shape index (κ1) is 24.4. The summed E-state index contributed by atoms with van der Waals surface area (Å²) in [6.07, 6.45) is 2.84. The maximum absolute atomic E-state index is 11.6. The molecule has 9 nitrogen and oxygen atoms in total. The van der Waals surface area contributed by atoms with Gasteiger partial charge in [0.25, 0.3) is 0 Å². The molecule has 1 aromatic rings. The van der Waals surface area contributed by atoms with Gasteiger partial charge in [0.2, 0.25) is 0 Å². The smallest absolute Gasteiger partial charge is 0.328 e. The number of nitrogens with zero attached hydrogens (tertiary/aromatic N) is 1. The zero-order valence-electron chi connectivity index (χ0n) is 17.8. The van der Waals surface area contributed by atoms with Crippen molar-refractivity contribution in [2.24, 2.45) is 0 Å². The van der Waals surface area contributed by atoms with Crippen molar-refractivity contribution in [2.75, 3.05) is 26.2 Å². The lowest BCUT2D eigenvalue weighted by Gasteiger charge is -2.43. The van der Waals surface area contributed by atoms with Crippen LogP contribution in [0.2, 0.25) is 0 Å². The Morgan fingerprint density at radius 2 is 1.77 bits per heavy atom. The van der Waals surface area contributed by atoms with Crippen LogP contribution in [0.1, 0.15) is 32.3 Å². The molecule has 2 heterocycles. The Kier molecular flexibility index (Phi) is 9.02. The number of carbonyl (C=O) groups is 3. The number of hydrogen-bond acceptors (Lipinski definition) is 7.